The molecule has 1 fully saturated rings. The van der Waals surface area contributed by atoms with E-state index in [2.05, 4.69) is 28.2 Å². The number of aryl methyl sites for hydroxylation is 1. The van der Waals surface area contributed by atoms with Crippen LogP contribution in [0.3, 0.4) is 0 Å². The molecule has 0 radical (unpaired) electrons. The van der Waals surface area contributed by atoms with Crippen LogP contribution in [0.5, 0.6) is 0 Å². The first-order valence-corrected chi connectivity index (χ1v) is 7.75. The first kappa shape index (κ1) is 16.2. The third-order valence-corrected chi connectivity index (χ3v) is 4.04. The highest BCUT2D eigenvalue weighted by Gasteiger charge is 2.23. The number of hydrogen-bond donors (Lipinski definition) is 2. The van der Waals surface area contributed by atoms with Crippen molar-refractivity contribution in [3.05, 3.63) is 23.4 Å². The quantitative estimate of drug-likeness (QED) is 0.708. The molecule has 0 spiro atoms. The average molecular weight is 293 g/mol. The van der Waals surface area contributed by atoms with E-state index in [4.69, 9.17) is 9.84 Å². The largest absolute Gasteiger partial charge is 0.396 e. The number of hydrogen-bond acceptors (Lipinski definition) is 5. The Bertz CT molecular complexity index is 440. The summed E-state index contributed by atoms with van der Waals surface area (Å²) in [5, 5.41) is 12.4. The lowest BCUT2D eigenvalue weighted by molar-refractivity contribution is 0.199. The van der Waals surface area contributed by atoms with E-state index in [1.54, 1.807) is 7.11 Å². The van der Waals surface area contributed by atoms with Gasteiger partial charge < -0.3 is 20.1 Å². The lowest BCUT2D eigenvalue weighted by Crippen LogP contribution is -2.23. The number of rotatable bonds is 8. The number of aliphatic hydroxyl groups is 1. The monoisotopic (exact) mass is 293 g/mol. The maximum Gasteiger partial charge on any atom is 0.131 e. The molecular formula is C16H27N3O2. The van der Waals surface area contributed by atoms with Crippen LogP contribution < -0.4 is 10.2 Å². The summed E-state index contributed by atoms with van der Waals surface area (Å²) in [6, 6.07) is 2.21. The van der Waals surface area contributed by atoms with Crippen LogP contribution in [0.4, 0.5) is 5.82 Å². The highest BCUT2D eigenvalue weighted by Crippen LogP contribution is 2.26. The molecule has 1 aromatic heterocycles. The van der Waals surface area contributed by atoms with E-state index >= 15 is 0 Å². The molecule has 0 aromatic carbocycles. The Labute approximate surface area is 127 Å². The summed E-state index contributed by atoms with van der Waals surface area (Å²) in [4.78, 5) is 6.99. The van der Waals surface area contributed by atoms with Crippen LogP contribution in [-0.2, 0) is 11.3 Å². The summed E-state index contributed by atoms with van der Waals surface area (Å²) in [5.41, 5.74) is 2.43. The standard InChI is InChI=1S/C16H27N3O2/c1-13-9-15(10-17-5-8-21-2)11-18-16(13)19-6-3-14(12-19)4-7-20/h9,11,14,17,20H,3-8,10,12H2,1-2H3. The van der Waals surface area contributed by atoms with Crippen molar-refractivity contribution >= 4 is 5.82 Å². The summed E-state index contributed by atoms with van der Waals surface area (Å²) in [7, 11) is 1.71. The van der Waals surface area contributed by atoms with Crippen molar-refractivity contribution in [1.29, 1.82) is 0 Å². The third kappa shape index (κ3) is 4.66. The Kier molecular flexibility index (Phi) is 6.42. The van der Waals surface area contributed by atoms with E-state index in [0.29, 0.717) is 5.92 Å². The second-order valence-electron chi connectivity index (χ2n) is 5.77. The van der Waals surface area contributed by atoms with Gasteiger partial charge in [0.25, 0.3) is 0 Å². The normalized spacial score (nSPS) is 18.4. The molecule has 1 aromatic rings. The SMILES string of the molecule is COCCNCc1cnc(N2CCC(CCO)C2)c(C)c1. The lowest BCUT2D eigenvalue weighted by atomic mass is 10.1. The molecule has 0 amide bonds. The van der Waals surface area contributed by atoms with Crippen molar-refractivity contribution in [2.45, 2.75) is 26.3 Å². The van der Waals surface area contributed by atoms with Gasteiger partial charge in [-0.3, -0.25) is 0 Å². The molecule has 1 saturated heterocycles. The number of anilines is 1. The van der Waals surface area contributed by atoms with Gasteiger partial charge in [-0.05, 0) is 42.9 Å². The third-order valence-electron chi connectivity index (χ3n) is 4.04. The number of aromatic nitrogens is 1. The van der Waals surface area contributed by atoms with Gasteiger partial charge in [0.1, 0.15) is 5.82 Å². The number of ether oxygens (including phenoxy) is 1. The Morgan fingerprint density at radius 3 is 3.10 bits per heavy atom. The van der Waals surface area contributed by atoms with E-state index < -0.39 is 0 Å². The van der Waals surface area contributed by atoms with Gasteiger partial charge in [0, 0.05) is 46.1 Å². The Balaban J connectivity index is 1.90. The van der Waals surface area contributed by atoms with Crippen LogP contribution in [0.1, 0.15) is 24.0 Å². The second kappa shape index (κ2) is 8.32. The summed E-state index contributed by atoms with van der Waals surface area (Å²) in [6.45, 7) is 6.88. The predicted molar refractivity (Wildman–Crippen MR) is 84.6 cm³/mol. The molecule has 5 heteroatoms. The van der Waals surface area contributed by atoms with E-state index in [-0.39, 0.29) is 6.61 Å². The molecule has 2 rings (SSSR count). The topological polar surface area (TPSA) is 57.6 Å². The summed E-state index contributed by atoms with van der Waals surface area (Å²) in [6.07, 6.45) is 4.01. The number of aliphatic hydroxyl groups excluding tert-OH is 1. The van der Waals surface area contributed by atoms with Gasteiger partial charge in [-0.2, -0.15) is 0 Å². The Hall–Kier alpha value is -1.17. The second-order valence-corrected chi connectivity index (χ2v) is 5.77. The number of nitrogens with zero attached hydrogens (tertiary/aromatic N) is 2. The van der Waals surface area contributed by atoms with Crippen molar-refractivity contribution in [3.63, 3.8) is 0 Å². The fraction of sp³-hybridized carbons (Fsp3) is 0.688. The minimum atomic E-state index is 0.289. The van der Waals surface area contributed by atoms with Gasteiger partial charge in [0.05, 0.1) is 6.61 Å². The van der Waals surface area contributed by atoms with Gasteiger partial charge in [-0.1, -0.05) is 0 Å². The molecule has 2 heterocycles. The predicted octanol–water partition coefficient (Wildman–Crippen LogP) is 1.33. The smallest absolute Gasteiger partial charge is 0.131 e. The Morgan fingerprint density at radius 1 is 1.52 bits per heavy atom. The summed E-state index contributed by atoms with van der Waals surface area (Å²) >= 11 is 0. The first-order valence-electron chi connectivity index (χ1n) is 7.75. The fourth-order valence-electron chi connectivity index (χ4n) is 2.90. The van der Waals surface area contributed by atoms with Crippen LogP contribution in [0, 0.1) is 12.8 Å². The molecule has 1 unspecified atom stereocenters. The number of methoxy groups -OCH3 is 1. The lowest BCUT2D eigenvalue weighted by Gasteiger charge is -2.20. The molecular weight excluding hydrogens is 266 g/mol. The molecule has 1 aliphatic heterocycles. The summed E-state index contributed by atoms with van der Waals surface area (Å²) < 4.78 is 5.02. The van der Waals surface area contributed by atoms with Crippen LogP contribution in [0.15, 0.2) is 12.3 Å². The molecule has 0 bridgehead atoms. The van der Waals surface area contributed by atoms with Crippen LogP contribution in [0.2, 0.25) is 0 Å². The van der Waals surface area contributed by atoms with Gasteiger partial charge in [-0.15, -0.1) is 0 Å². The van der Waals surface area contributed by atoms with E-state index in [1.807, 2.05) is 6.20 Å². The highest BCUT2D eigenvalue weighted by molar-refractivity contribution is 5.48. The maximum atomic E-state index is 9.05. The van der Waals surface area contributed by atoms with Crippen LogP contribution >= 0.6 is 0 Å². The van der Waals surface area contributed by atoms with Gasteiger partial charge >= 0.3 is 0 Å². The molecule has 1 atom stereocenters. The van der Waals surface area contributed by atoms with Gasteiger partial charge in [0.2, 0.25) is 0 Å². The van der Waals surface area contributed by atoms with Crippen molar-refractivity contribution in [2.75, 3.05) is 44.9 Å². The molecule has 21 heavy (non-hydrogen) atoms. The molecule has 2 N–H and O–H groups in total. The molecule has 0 aliphatic carbocycles. The zero-order valence-corrected chi connectivity index (χ0v) is 13.1. The van der Waals surface area contributed by atoms with Crippen molar-refractivity contribution in [1.82, 2.24) is 10.3 Å². The number of pyridine rings is 1. The summed E-state index contributed by atoms with van der Waals surface area (Å²) in [5.74, 6) is 1.70. The maximum absolute atomic E-state index is 9.05. The van der Waals surface area contributed by atoms with Gasteiger partial charge in [-0.25, -0.2) is 4.98 Å². The fourth-order valence-corrected chi connectivity index (χ4v) is 2.90. The van der Waals surface area contributed by atoms with E-state index in [0.717, 1.165) is 51.4 Å². The molecule has 118 valence electrons. The zero-order valence-electron chi connectivity index (χ0n) is 13.1. The van der Waals surface area contributed by atoms with Gasteiger partial charge in [0.15, 0.2) is 0 Å². The van der Waals surface area contributed by atoms with E-state index in [9.17, 15) is 0 Å². The van der Waals surface area contributed by atoms with Crippen molar-refractivity contribution < 1.29 is 9.84 Å². The first-order chi connectivity index (χ1) is 10.2. The van der Waals surface area contributed by atoms with Crippen molar-refractivity contribution in [3.8, 4) is 0 Å². The minimum Gasteiger partial charge on any atom is -0.396 e. The number of nitrogens with one attached hydrogen (secondary N) is 1. The Morgan fingerprint density at radius 2 is 2.38 bits per heavy atom. The van der Waals surface area contributed by atoms with Crippen LogP contribution in [-0.4, -0.2) is 50.0 Å². The minimum absolute atomic E-state index is 0.289. The molecule has 0 saturated carbocycles. The molecule has 1 aliphatic rings. The van der Waals surface area contributed by atoms with E-state index in [1.165, 1.54) is 11.1 Å². The van der Waals surface area contributed by atoms with Crippen LogP contribution in [0.25, 0.3) is 0 Å². The zero-order chi connectivity index (χ0) is 15.1. The average Bonchev–Trinajstić information content (AvgIpc) is 2.92. The van der Waals surface area contributed by atoms with Crippen molar-refractivity contribution in [2.24, 2.45) is 5.92 Å². The molecule has 5 nitrogen and oxygen atoms in total. The highest BCUT2D eigenvalue weighted by atomic mass is 16.5.